The molecular formula is C21H20N2O5. The van der Waals surface area contributed by atoms with Crippen LogP contribution in [0.25, 0.3) is 0 Å². The highest BCUT2D eigenvalue weighted by atomic mass is 16.7. The van der Waals surface area contributed by atoms with E-state index in [0.717, 1.165) is 5.56 Å². The minimum absolute atomic E-state index is 0.0802. The van der Waals surface area contributed by atoms with Crippen LogP contribution in [0.4, 0.5) is 4.79 Å². The third-order valence-electron chi connectivity index (χ3n) is 4.06. The van der Waals surface area contributed by atoms with Crippen molar-refractivity contribution >= 4 is 12.1 Å². The average Bonchev–Trinajstić information content (AvgIpc) is 3.22. The number of ether oxygens (including phenoxy) is 3. The zero-order valence-electron chi connectivity index (χ0n) is 15.4. The van der Waals surface area contributed by atoms with Crippen molar-refractivity contribution in [1.29, 1.82) is 0 Å². The van der Waals surface area contributed by atoms with Crippen molar-refractivity contribution in [3.8, 4) is 5.75 Å². The van der Waals surface area contributed by atoms with Crippen LogP contribution in [0.15, 0.2) is 73.2 Å². The van der Waals surface area contributed by atoms with E-state index in [-0.39, 0.29) is 19.3 Å². The van der Waals surface area contributed by atoms with Crippen molar-refractivity contribution < 1.29 is 23.8 Å². The SMILES string of the molecule is C[C@H](c1ccccc1)n1cncc1C(=O)OCCOC(=O)Oc1ccccc1. The number of hydrogen-bond acceptors (Lipinski definition) is 6. The summed E-state index contributed by atoms with van der Waals surface area (Å²) >= 11 is 0. The maximum absolute atomic E-state index is 12.3. The van der Waals surface area contributed by atoms with Crippen LogP contribution >= 0.6 is 0 Å². The van der Waals surface area contributed by atoms with Gasteiger partial charge in [-0.25, -0.2) is 14.6 Å². The third-order valence-corrected chi connectivity index (χ3v) is 4.06. The second-order valence-corrected chi connectivity index (χ2v) is 5.92. The van der Waals surface area contributed by atoms with Crippen LogP contribution < -0.4 is 4.74 Å². The summed E-state index contributed by atoms with van der Waals surface area (Å²) in [6.45, 7) is 1.77. The fourth-order valence-corrected chi connectivity index (χ4v) is 2.61. The highest BCUT2D eigenvalue weighted by molar-refractivity contribution is 5.87. The molecule has 1 atom stereocenters. The summed E-state index contributed by atoms with van der Waals surface area (Å²) in [6, 6.07) is 18.2. The van der Waals surface area contributed by atoms with Crippen molar-refractivity contribution in [1.82, 2.24) is 9.55 Å². The highest BCUT2D eigenvalue weighted by Crippen LogP contribution is 2.19. The molecule has 28 heavy (non-hydrogen) atoms. The molecular weight excluding hydrogens is 360 g/mol. The first-order chi connectivity index (χ1) is 13.6. The second kappa shape index (κ2) is 9.36. The van der Waals surface area contributed by atoms with Gasteiger partial charge in [-0.15, -0.1) is 0 Å². The lowest BCUT2D eigenvalue weighted by Gasteiger charge is -2.16. The maximum atomic E-state index is 12.3. The summed E-state index contributed by atoms with van der Waals surface area (Å²) < 4.78 is 16.8. The molecule has 3 aromatic rings. The first-order valence-corrected chi connectivity index (χ1v) is 8.78. The van der Waals surface area contributed by atoms with Crippen LogP contribution in [-0.2, 0) is 9.47 Å². The van der Waals surface area contributed by atoms with Crippen molar-refractivity contribution in [3.05, 3.63) is 84.4 Å². The van der Waals surface area contributed by atoms with Crippen molar-refractivity contribution in [2.24, 2.45) is 0 Å². The number of para-hydroxylation sites is 1. The van der Waals surface area contributed by atoms with Gasteiger partial charge in [0.25, 0.3) is 0 Å². The standard InChI is InChI=1S/C21H20N2O5/c1-16(17-8-4-2-5-9-17)23-15-22-14-19(23)20(24)26-12-13-27-21(25)28-18-10-6-3-7-11-18/h2-11,14-16H,12-13H2,1H3/t16-/m1/s1. The second-order valence-electron chi connectivity index (χ2n) is 5.92. The van der Waals surface area contributed by atoms with Crippen LogP contribution in [0.1, 0.15) is 29.0 Å². The first-order valence-electron chi connectivity index (χ1n) is 8.78. The molecule has 0 spiro atoms. The summed E-state index contributed by atoms with van der Waals surface area (Å²) in [5, 5.41) is 0. The molecule has 0 amide bonds. The molecule has 7 nitrogen and oxygen atoms in total. The molecule has 3 rings (SSSR count). The van der Waals surface area contributed by atoms with E-state index in [9.17, 15) is 9.59 Å². The zero-order chi connectivity index (χ0) is 19.8. The van der Waals surface area contributed by atoms with E-state index in [1.165, 1.54) is 6.20 Å². The molecule has 0 fully saturated rings. The summed E-state index contributed by atoms with van der Waals surface area (Å²) in [4.78, 5) is 28.0. The smallest absolute Gasteiger partial charge is 0.457 e. The number of carbonyl (C=O) groups excluding carboxylic acids is 2. The van der Waals surface area contributed by atoms with Crippen LogP contribution in [0.5, 0.6) is 5.75 Å². The van der Waals surface area contributed by atoms with E-state index in [4.69, 9.17) is 14.2 Å². The molecule has 0 saturated heterocycles. The Labute approximate surface area is 162 Å². The Hall–Kier alpha value is -3.61. The van der Waals surface area contributed by atoms with Gasteiger partial charge in [-0.1, -0.05) is 48.5 Å². The summed E-state index contributed by atoms with van der Waals surface area (Å²) in [7, 11) is 0. The lowest BCUT2D eigenvalue weighted by molar-refractivity contribution is 0.0334. The number of hydrogen-bond donors (Lipinski definition) is 0. The van der Waals surface area contributed by atoms with Crippen LogP contribution in [0, 0.1) is 0 Å². The number of carbonyl (C=O) groups is 2. The van der Waals surface area contributed by atoms with E-state index in [0.29, 0.717) is 11.4 Å². The molecule has 0 saturated carbocycles. The van der Waals surface area contributed by atoms with Gasteiger partial charge in [-0.2, -0.15) is 0 Å². The van der Waals surface area contributed by atoms with Crippen molar-refractivity contribution in [2.75, 3.05) is 13.2 Å². The quantitative estimate of drug-likeness (QED) is 0.352. The molecule has 0 radical (unpaired) electrons. The van der Waals surface area contributed by atoms with Gasteiger partial charge in [0.1, 0.15) is 24.7 Å². The first kappa shape index (κ1) is 19.2. The van der Waals surface area contributed by atoms with E-state index >= 15 is 0 Å². The number of aromatic nitrogens is 2. The van der Waals surface area contributed by atoms with E-state index < -0.39 is 12.1 Å². The lowest BCUT2D eigenvalue weighted by atomic mass is 10.1. The lowest BCUT2D eigenvalue weighted by Crippen LogP contribution is -2.19. The van der Waals surface area contributed by atoms with Gasteiger partial charge < -0.3 is 18.8 Å². The van der Waals surface area contributed by atoms with Crippen LogP contribution in [-0.4, -0.2) is 34.9 Å². The molecule has 0 unspecified atom stereocenters. The normalized spacial score (nSPS) is 11.5. The van der Waals surface area contributed by atoms with Gasteiger partial charge >= 0.3 is 12.1 Å². The van der Waals surface area contributed by atoms with Crippen LogP contribution in [0.3, 0.4) is 0 Å². The largest absolute Gasteiger partial charge is 0.513 e. The molecule has 0 aliphatic carbocycles. The minimum atomic E-state index is -0.856. The predicted octanol–water partition coefficient (Wildman–Crippen LogP) is 3.86. The fraction of sp³-hybridized carbons (Fsp3) is 0.190. The monoisotopic (exact) mass is 380 g/mol. The summed E-state index contributed by atoms with van der Waals surface area (Å²) in [6.07, 6.45) is 2.18. The number of benzene rings is 2. The molecule has 0 aliphatic rings. The molecule has 7 heteroatoms. The minimum Gasteiger partial charge on any atom is -0.457 e. The van der Waals surface area contributed by atoms with Gasteiger partial charge in [-0.05, 0) is 24.6 Å². The Morgan fingerprint density at radius 1 is 0.964 bits per heavy atom. The molecule has 1 aromatic heterocycles. The van der Waals surface area contributed by atoms with E-state index in [2.05, 4.69) is 4.98 Å². The summed E-state index contributed by atoms with van der Waals surface area (Å²) in [5.74, 6) is -0.163. The summed E-state index contributed by atoms with van der Waals surface area (Å²) in [5.41, 5.74) is 1.37. The molecule has 0 N–H and O–H groups in total. The predicted molar refractivity (Wildman–Crippen MR) is 101 cm³/mol. The average molecular weight is 380 g/mol. The highest BCUT2D eigenvalue weighted by Gasteiger charge is 2.18. The van der Waals surface area contributed by atoms with Gasteiger partial charge in [0, 0.05) is 0 Å². The Morgan fingerprint density at radius 3 is 2.32 bits per heavy atom. The zero-order valence-corrected chi connectivity index (χ0v) is 15.4. The number of imidazole rings is 1. The Balaban J connectivity index is 1.48. The molecule has 0 aliphatic heterocycles. The molecule has 144 valence electrons. The number of rotatable bonds is 7. The van der Waals surface area contributed by atoms with Gasteiger partial charge in [0.2, 0.25) is 0 Å². The van der Waals surface area contributed by atoms with E-state index in [1.54, 1.807) is 41.2 Å². The van der Waals surface area contributed by atoms with Crippen molar-refractivity contribution in [3.63, 3.8) is 0 Å². The number of nitrogens with zero attached hydrogens (tertiary/aromatic N) is 2. The van der Waals surface area contributed by atoms with Gasteiger partial charge in [0.05, 0.1) is 18.6 Å². The third kappa shape index (κ3) is 4.97. The van der Waals surface area contributed by atoms with Gasteiger partial charge in [-0.3, -0.25) is 0 Å². The molecule has 0 bridgehead atoms. The van der Waals surface area contributed by atoms with E-state index in [1.807, 2.05) is 37.3 Å². The Bertz CT molecular complexity index is 909. The Kier molecular flexibility index (Phi) is 6.41. The van der Waals surface area contributed by atoms with Crippen molar-refractivity contribution in [2.45, 2.75) is 13.0 Å². The van der Waals surface area contributed by atoms with Gasteiger partial charge in [0.15, 0.2) is 0 Å². The topological polar surface area (TPSA) is 79.7 Å². The maximum Gasteiger partial charge on any atom is 0.513 e. The Morgan fingerprint density at radius 2 is 1.61 bits per heavy atom. The fourth-order valence-electron chi connectivity index (χ4n) is 2.61. The number of esters is 1. The molecule has 2 aromatic carbocycles. The van der Waals surface area contributed by atoms with Crippen LogP contribution in [0.2, 0.25) is 0 Å². The molecule has 1 heterocycles.